The lowest BCUT2D eigenvalue weighted by Gasteiger charge is -2.31. The van der Waals surface area contributed by atoms with Crippen LogP contribution in [0.15, 0.2) is 30.3 Å². The van der Waals surface area contributed by atoms with E-state index in [2.05, 4.69) is 10.6 Å². The predicted molar refractivity (Wildman–Crippen MR) is 103 cm³/mol. The number of anilines is 1. The van der Waals surface area contributed by atoms with Gasteiger partial charge in [-0.1, -0.05) is 12.1 Å². The fraction of sp³-hybridized carbons (Fsp3) is 0.278. The van der Waals surface area contributed by atoms with Crippen LogP contribution in [0.2, 0.25) is 0 Å². The van der Waals surface area contributed by atoms with Crippen LogP contribution in [0.5, 0.6) is 0 Å². The number of amides is 4. The van der Waals surface area contributed by atoms with Gasteiger partial charge in [-0.25, -0.2) is 14.0 Å². The lowest BCUT2D eigenvalue weighted by atomic mass is 10.1. The van der Waals surface area contributed by atoms with E-state index >= 15 is 0 Å². The number of primary amides is 1. The Morgan fingerprint density at radius 2 is 2.07 bits per heavy atom. The van der Waals surface area contributed by atoms with E-state index < -0.39 is 23.8 Å². The molecule has 148 valence electrons. The van der Waals surface area contributed by atoms with E-state index in [1.54, 1.807) is 18.2 Å². The molecule has 0 saturated carbocycles. The molecule has 0 spiro atoms. The number of halogens is 1. The first-order valence-electron chi connectivity index (χ1n) is 8.58. The quantitative estimate of drug-likeness (QED) is 0.623. The molecule has 1 aromatic heterocycles. The second kappa shape index (κ2) is 8.26. The summed E-state index contributed by atoms with van der Waals surface area (Å²) in [6.07, 6.45) is 0.262. The summed E-state index contributed by atoms with van der Waals surface area (Å²) < 4.78 is 13.5. The molecule has 1 aromatic carbocycles. The highest BCUT2D eigenvalue weighted by molar-refractivity contribution is 7.18. The zero-order valence-corrected chi connectivity index (χ0v) is 15.6. The van der Waals surface area contributed by atoms with Crippen molar-refractivity contribution in [2.45, 2.75) is 18.9 Å². The Kier molecular flexibility index (Phi) is 5.78. The van der Waals surface area contributed by atoms with Crippen molar-refractivity contribution in [3.63, 3.8) is 0 Å². The standard InChI is InChI=1S/C18H19FN4O4S/c19-11-4-1-3-10(7-11)14-8-13(22-17(20)25)15(28-14)16(24)21-12-5-2-6-23(9-12)18(26)27/h1,3-4,7-8,12H,2,5-6,9H2,(H,21,24)(H,26,27)(H3,20,22,25)/t12-/m0/s1. The topological polar surface area (TPSA) is 125 Å². The number of carboxylic acid groups (broad SMARTS) is 1. The molecule has 1 aliphatic heterocycles. The molecule has 1 aliphatic rings. The van der Waals surface area contributed by atoms with Gasteiger partial charge in [0.25, 0.3) is 5.91 Å². The average Bonchev–Trinajstić information content (AvgIpc) is 3.05. The molecule has 2 aromatic rings. The zero-order chi connectivity index (χ0) is 20.3. The summed E-state index contributed by atoms with van der Waals surface area (Å²) in [6.45, 7) is 0.626. The third kappa shape index (κ3) is 4.58. The number of nitrogens with two attached hydrogens (primary N) is 1. The molecule has 28 heavy (non-hydrogen) atoms. The van der Waals surface area contributed by atoms with Crippen LogP contribution in [-0.4, -0.2) is 47.2 Å². The monoisotopic (exact) mass is 406 g/mol. The summed E-state index contributed by atoms with van der Waals surface area (Å²) in [5.41, 5.74) is 5.98. The van der Waals surface area contributed by atoms with E-state index in [0.29, 0.717) is 29.8 Å². The van der Waals surface area contributed by atoms with Gasteiger partial charge in [-0.3, -0.25) is 4.79 Å². The molecule has 1 saturated heterocycles. The van der Waals surface area contributed by atoms with E-state index in [-0.39, 0.29) is 23.2 Å². The number of rotatable bonds is 4. The minimum absolute atomic E-state index is 0.196. The number of nitrogens with one attached hydrogen (secondary N) is 2. The molecule has 5 N–H and O–H groups in total. The molecule has 2 heterocycles. The second-order valence-corrected chi connectivity index (χ2v) is 7.45. The first-order valence-corrected chi connectivity index (χ1v) is 9.40. The molecule has 0 aliphatic carbocycles. The number of piperidine rings is 1. The van der Waals surface area contributed by atoms with Crippen LogP contribution in [0.25, 0.3) is 10.4 Å². The van der Waals surface area contributed by atoms with Crippen molar-refractivity contribution >= 4 is 35.1 Å². The highest BCUT2D eigenvalue weighted by Crippen LogP contribution is 2.35. The normalized spacial score (nSPS) is 16.5. The summed E-state index contributed by atoms with van der Waals surface area (Å²) in [4.78, 5) is 37.3. The maximum absolute atomic E-state index is 13.5. The Hall–Kier alpha value is -3.14. The van der Waals surface area contributed by atoms with Crippen LogP contribution in [0, 0.1) is 5.82 Å². The number of hydrogen-bond donors (Lipinski definition) is 4. The van der Waals surface area contributed by atoms with Gasteiger partial charge in [0.2, 0.25) is 0 Å². The molecule has 0 radical (unpaired) electrons. The Balaban J connectivity index is 1.83. The summed E-state index contributed by atoms with van der Waals surface area (Å²) in [5.74, 6) is -0.870. The van der Waals surface area contributed by atoms with Crippen molar-refractivity contribution in [3.8, 4) is 10.4 Å². The molecule has 0 bridgehead atoms. The van der Waals surface area contributed by atoms with Crippen molar-refractivity contribution in [2.75, 3.05) is 18.4 Å². The van der Waals surface area contributed by atoms with Crippen LogP contribution in [-0.2, 0) is 0 Å². The molecule has 8 nitrogen and oxygen atoms in total. The van der Waals surface area contributed by atoms with Crippen LogP contribution >= 0.6 is 11.3 Å². The molecule has 1 fully saturated rings. The number of urea groups is 1. The second-order valence-electron chi connectivity index (χ2n) is 6.39. The largest absolute Gasteiger partial charge is 0.465 e. The van der Waals surface area contributed by atoms with E-state index in [1.165, 1.54) is 17.0 Å². The van der Waals surface area contributed by atoms with Gasteiger partial charge in [0.1, 0.15) is 10.7 Å². The summed E-state index contributed by atoms with van der Waals surface area (Å²) in [5, 5.41) is 14.3. The number of thiophene rings is 1. The number of hydrogen-bond acceptors (Lipinski definition) is 4. The maximum Gasteiger partial charge on any atom is 0.407 e. The van der Waals surface area contributed by atoms with Gasteiger partial charge in [0.15, 0.2) is 0 Å². The third-order valence-corrected chi connectivity index (χ3v) is 5.52. The summed E-state index contributed by atoms with van der Waals surface area (Å²) in [6, 6.07) is 6.28. The van der Waals surface area contributed by atoms with Gasteiger partial charge in [0, 0.05) is 24.0 Å². The fourth-order valence-corrected chi connectivity index (χ4v) is 4.10. The van der Waals surface area contributed by atoms with Gasteiger partial charge in [-0.05, 0) is 36.6 Å². The third-order valence-electron chi connectivity index (χ3n) is 4.33. The average molecular weight is 406 g/mol. The van der Waals surface area contributed by atoms with Crippen molar-refractivity contribution in [1.82, 2.24) is 10.2 Å². The summed E-state index contributed by atoms with van der Waals surface area (Å²) >= 11 is 1.09. The number of carbonyl (C=O) groups excluding carboxylic acids is 2. The smallest absolute Gasteiger partial charge is 0.407 e. The Morgan fingerprint density at radius 3 is 2.75 bits per heavy atom. The van der Waals surface area contributed by atoms with Crippen LogP contribution < -0.4 is 16.4 Å². The number of nitrogens with zero attached hydrogens (tertiary/aromatic N) is 1. The van der Waals surface area contributed by atoms with Crippen LogP contribution in [0.1, 0.15) is 22.5 Å². The lowest BCUT2D eigenvalue weighted by molar-refractivity contribution is 0.0893. The molecule has 10 heteroatoms. The molecular weight excluding hydrogens is 387 g/mol. The maximum atomic E-state index is 13.5. The van der Waals surface area contributed by atoms with Crippen LogP contribution in [0.4, 0.5) is 19.7 Å². The van der Waals surface area contributed by atoms with Crippen molar-refractivity contribution in [2.24, 2.45) is 5.73 Å². The first kappa shape index (κ1) is 19.6. The van der Waals surface area contributed by atoms with E-state index in [0.717, 1.165) is 11.3 Å². The van der Waals surface area contributed by atoms with E-state index in [1.807, 2.05) is 0 Å². The van der Waals surface area contributed by atoms with E-state index in [4.69, 9.17) is 10.8 Å². The van der Waals surface area contributed by atoms with Crippen molar-refractivity contribution in [3.05, 3.63) is 41.0 Å². The Labute approximate surface area is 164 Å². The first-order chi connectivity index (χ1) is 13.3. The highest BCUT2D eigenvalue weighted by atomic mass is 32.1. The van der Waals surface area contributed by atoms with E-state index in [9.17, 15) is 18.8 Å². The Morgan fingerprint density at radius 1 is 1.29 bits per heavy atom. The minimum Gasteiger partial charge on any atom is -0.465 e. The van der Waals surface area contributed by atoms with Crippen LogP contribution in [0.3, 0.4) is 0 Å². The fourth-order valence-electron chi connectivity index (χ4n) is 3.09. The highest BCUT2D eigenvalue weighted by Gasteiger charge is 2.26. The van der Waals surface area contributed by atoms with Gasteiger partial charge in [-0.15, -0.1) is 11.3 Å². The van der Waals surface area contributed by atoms with Gasteiger partial charge < -0.3 is 26.4 Å². The number of carbonyl (C=O) groups is 3. The zero-order valence-electron chi connectivity index (χ0n) is 14.8. The molecule has 3 rings (SSSR count). The predicted octanol–water partition coefficient (Wildman–Crippen LogP) is 2.92. The minimum atomic E-state index is -1.03. The van der Waals surface area contributed by atoms with Gasteiger partial charge in [0.05, 0.1) is 5.69 Å². The Bertz CT molecular complexity index is 917. The van der Waals surface area contributed by atoms with Gasteiger partial charge in [-0.2, -0.15) is 0 Å². The van der Waals surface area contributed by atoms with Crippen molar-refractivity contribution in [1.29, 1.82) is 0 Å². The molecule has 1 atom stereocenters. The summed E-state index contributed by atoms with van der Waals surface area (Å²) in [7, 11) is 0. The van der Waals surface area contributed by atoms with Crippen molar-refractivity contribution < 1.29 is 23.9 Å². The lowest BCUT2D eigenvalue weighted by Crippen LogP contribution is -2.49. The van der Waals surface area contributed by atoms with Gasteiger partial charge >= 0.3 is 12.1 Å². The number of likely N-dealkylation sites (tertiary alicyclic amines) is 1. The SMILES string of the molecule is NC(=O)Nc1cc(-c2cccc(F)c2)sc1C(=O)N[C@H]1CCCN(C(=O)O)C1. The molecule has 0 unspecified atom stereocenters. The molecular formula is C18H19FN4O4S. The molecule has 4 amide bonds. The number of benzene rings is 1.